The van der Waals surface area contributed by atoms with Gasteiger partial charge in [-0.1, -0.05) is 0 Å². The van der Waals surface area contributed by atoms with Crippen molar-refractivity contribution in [3.8, 4) is 0 Å². The first-order valence-corrected chi connectivity index (χ1v) is 6.71. The second-order valence-corrected chi connectivity index (χ2v) is 4.95. The number of aromatic carboxylic acids is 1. The second-order valence-electron chi connectivity index (χ2n) is 4.95. The van der Waals surface area contributed by atoms with Crippen LogP contribution in [0, 0.1) is 0 Å². The fraction of sp³-hybridized carbons (Fsp3) is 0.267. The normalized spacial score (nSPS) is 17.0. The van der Waals surface area contributed by atoms with E-state index in [1.165, 1.54) is 18.3 Å². The standard InChI is InChI=1S/C15H14N2O4/c18-14(9-4-6-16-12(8-9)15(19)20)17-11-2-1-3-13-10(11)5-7-21-13/h4-8,11H,1-3H2,(H,17,18)(H,19,20). The first-order chi connectivity index (χ1) is 10.1. The van der Waals surface area contributed by atoms with Crippen LogP contribution in [0.2, 0.25) is 0 Å². The number of hydrogen-bond acceptors (Lipinski definition) is 4. The Morgan fingerprint density at radius 3 is 3.05 bits per heavy atom. The first kappa shape index (κ1) is 13.4. The summed E-state index contributed by atoms with van der Waals surface area (Å²) in [5.41, 5.74) is 1.15. The largest absolute Gasteiger partial charge is 0.477 e. The summed E-state index contributed by atoms with van der Waals surface area (Å²) in [6.07, 6.45) is 5.62. The van der Waals surface area contributed by atoms with Crippen molar-refractivity contribution in [1.29, 1.82) is 0 Å². The molecule has 0 radical (unpaired) electrons. The van der Waals surface area contributed by atoms with Gasteiger partial charge in [0.05, 0.1) is 12.3 Å². The van der Waals surface area contributed by atoms with E-state index in [1.807, 2.05) is 6.07 Å². The van der Waals surface area contributed by atoms with Gasteiger partial charge in [0, 0.05) is 23.7 Å². The minimum Gasteiger partial charge on any atom is -0.477 e. The van der Waals surface area contributed by atoms with Gasteiger partial charge in [0.1, 0.15) is 11.5 Å². The Hall–Kier alpha value is -2.63. The Kier molecular flexibility index (Phi) is 3.43. The average Bonchev–Trinajstić information content (AvgIpc) is 2.97. The molecule has 6 nitrogen and oxygen atoms in total. The average molecular weight is 286 g/mol. The van der Waals surface area contributed by atoms with Crippen molar-refractivity contribution in [1.82, 2.24) is 10.3 Å². The second kappa shape index (κ2) is 5.40. The highest BCUT2D eigenvalue weighted by atomic mass is 16.4. The SMILES string of the molecule is O=C(NC1CCCc2occc21)c1ccnc(C(=O)O)c1. The highest BCUT2D eigenvalue weighted by Gasteiger charge is 2.24. The van der Waals surface area contributed by atoms with E-state index >= 15 is 0 Å². The Bertz CT molecular complexity index is 692. The van der Waals surface area contributed by atoms with Crippen LogP contribution in [0.3, 0.4) is 0 Å². The fourth-order valence-electron chi connectivity index (χ4n) is 2.57. The monoisotopic (exact) mass is 286 g/mol. The summed E-state index contributed by atoms with van der Waals surface area (Å²) < 4.78 is 5.39. The van der Waals surface area contributed by atoms with Crippen LogP contribution in [0.5, 0.6) is 0 Å². The quantitative estimate of drug-likeness (QED) is 0.902. The maximum Gasteiger partial charge on any atom is 0.354 e. The number of carboxylic acids is 1. The topological polar surface area (TPSA) is 92.4 Å². The molecule has 108 valence electrons. The zero-order valence-electron chi connectivity index (χ0n) is 11.2. The molecule has 2 N–H and O–H groups in total. The van der Waals surface area contributed by atoms with E-state index in [4.69, 9.17) is 9.52 Å². The van der Waals surface area contributed by atoms with Gasteiger partial charge < -0.3 is 14.8 Å². The molecule has 0 saturated carbocycles. The molecule has 2 aromatic rings. The van der Waals surface area contributed by atoms with Crippen molar-refractivity contribution < 1.29 is 19.1 Å². The van der Waals surface area contributed by atoms with Gasteiger partial charge in [-0.2, -0.15) is 0 Å². The number of fused-ring (bicyclic) bond motifs is 1. The molecule has 1 aliphatic carbocycles. The van der Waals surface area contributed by atoms with Crippen molar-refractivity contribution in [3.63, 3.8) is 0 Å². The van der Waals surface area contributed by atoms with E-state index in [0.717, 1.165) is 30.6 Å². The number of hydrogen-bond donors (Lipinski definition) is 2. The van der Waals surface area contributed by atoms with Gasteiger partial charge in [-0.05, 0) is 31.0 Å². The Balaban J connectivity index is 1.79. The number of amides is 1. The summed E-state index contributed by atoms with van der Waals surface area (Å²) in [6, 6.07) is 4.55. The third kappa shape index (κ3) is 2.65. The van der Waals surface area contributed by atoms with Crippen LogP contribution >= 0.6 is 0 Å². The molecule has 0 spiro atoms. The van der Waals surface area contributed by atoms with E-state index in [9.17, 15) is 9.59 Å². The maximum absolute atomic E-state index is 12.3. The summed E-state index contributed by atoms with van der Waals surface area (Å²) in [7, 11) is 0. The number of aryl methyl sites for hydroxylation is 1. The molecule has 1 unspecified atom stereocenters. The summed E-state index contributed by atoms with van der Waals surface area (Å²) in [5, 5.41) is 11.8. The summed E-state index contributed by atoms with van der Waals surface area (Å²) in [6.45, 7) is 0. The van der Waals surface area contributed by atoms with Crippen molar-refractivity contribution in [3.05, 3.63) is 53.2 Å². The number of nitrogens with zero attached hydrogens (tertiary/aromatic N) is 1. The van der Waals surface area contributed by atoms with E-state index in [2.05, 4.69) is 10.3 Å². The van der Waals surface area contributed by atoms with Gasteiger partial charge in [-0.3, -0.25) is 4.79 Å². The summed E-state index contributed by atoms with van der Waals surface area (Å²) in [5.74, 6) is -0.550. The van der Waals surface area contributed by atoms with E-state index in [1.54, 1.807) is 6.26 Å². The number of nitrogens with one attached hydrogen (secondary N) is 1. The van der Waals surface area contributed by atoms with Crippen LogP contribution in [0.15, 0.2) is 35.1 Å². The first-order valence-electron chi connectivity index (χ1n) is 6.71. The minimum absolute atomic E-state index is 0.0959. The van der Waals surface area contributed by atoms with Gasteiger partial charge in [0.15, 0.2) is 0 Å². The molecule has 2 aromatic heterocycles. The molecule has 0 fully saturated rings. The molecule has 0 aliphatic heterocycles. The number of pyridine rings is 1. The Labute approximate surface area is 120 Å². The molecule has 0 bridgehead atoms. The fourth-order valence-corrected chi connectivity index (χ4v) is 2.57. The zero-order valence-corrected chi connectivity index (χ0v) is 11.2. The van der Waals surface area contributed by atoms with Gasteiger partial charge in [0.25, 0.3) is 5.91 Å². The number of carbonyl (C=O) groups is 2. The number of aromatic nitrogens is 1. The van der Waals surface area contributed by atoms with Crippen LogP contribution < -0.4 is 5.32 Å². The molecule has 0 saturated heterocycles. The number of rotatable bonds is 3. The molecular weight excluding hydrogens is 272 g/mol. The van der Waals surface area contributed by atoms with Crippen molar-refractivity contribution in [2.45, 2.75) is 25.3 Å². The third-order valence-electron chi connectivity index (χ3n) is 3.60. The highest BCUT2D eigenvalue weighted by molar-refractivity contribution is 5.96. The Morgan fingerprint density at radius 1 is 1.38 bits per heavy atom. The van der Waals surface area contributed by atoms with Gasteiger partial charge in [-0.15, -0.1) is 0 Å². The predicted octanol–water partition coefficient (Wildman–Crippen LogP) is 2.18. The zero-order chi connectivity index (χ0) is 14.8. The van der Waals surface area contributed by atoms with E-state index < -0.39 is 5.97 Å². The molecule has 6 heteroatoms. The predicted molar refractivity (Wildman–Crippen MR) is 73.0 cm³/mol. The molecule has 3 rings (SSSR count). The van der Waals surface area contributed by atoms with Crippen LogP contribution in [-0.2, 0) is 6.42 Å². The lowest BCUT2D eigenvalue weighted by atomic mass is 9.93. The molecule has 1 atom stereocenters. The van der Waals surface area contributed by atoms with Crippen molar-refractivity contribution in [2.75, 3.05) is 0 Å². The molecule has 1 aliphatic rings. The van der Waals surface area contributed by atoms with E-state index in [-0.39, 0.29) is 23.2 Å². The smallest absolute Gasteiger partial charge is 0.354 e. The summed E-state index contributed by atoms with van der Waals surface area (Å²) >= 11 is 0. The number of carboxylic acid groups (broad SMARTS) is 1. The minimum atomic E-state index is -1.15. The van der Waals surface area contributed by atoms with Crippen LogP contribution in [0.25, 0.3) is 0 Å². The Morgan fingerprint density at radius 2 is 2.24 bits per heavy atom. The number of furan rings is 1. The molecule has 2 heterocycles. The van der Waals surface area contributed by atoms with E-state index in [0.29, 0.717) is 0 Å². The molecule has 1 amide bonds. The lowest BCUT2D eigenvalue weighted by Crippen LogP contribution is -2.30. The highest BCUT2D eigenvalue weighted by Crippen LogP contribution is 2.30. The van der Waals surface area contributed by atoms with Gasteiger partial charge >= 0.3 is 5.97 Å². The maximum atomic E-state index is 12.3. The van der Waals surface area contributed by atoms with Crippen LogP contribution in [0.1, 0.15) is 51.1 Å². The lowest BCUT2D eigenvalue weighted by Gasteiger charge is -2.22. The van der Waals surface area contributed by atoms with Crippen molar-refractivity contribution >= 4 is 11.9 Å². The molecular formula is C15H14N2O4. The summed E-state index contributed by atoms with van der Waals surface area (Å²) in [4.78, 5) is 26.8. The third-order valence-corrected chi connectivity index (χ3v) is 3.60. The lowest BCUT2D eigenvalue weighted by molar-refractivity contribution is 0.0690. The number of carbonyl (C=O) groups excluding carboxylic acids is 1. The van der Waals surface area contributed by atoms with Gasteiger partial charge in [0.2, 0.25) is 0 Å². The van der Waals surface area contributed by atoms with Crippen molar-refractivity contribution in [2.24, 2.45) is 0 Å². The molecule has 21 heavy (non-hydrogen) atoms. The van der Waals surface area contributed by atoms with Crippen LogP contribution in [0.4, 0.5) is 0 Å². The van der Waals surface area contributed by atoms with Crippen LogP contribution in [-0.4, -0.2) is 22.0 Å². The molecule has 0 aromatic carbocycles. The van der Waals surface area contributed by atoms with Gasteiger partial charge in [-0.25, -0.2) is 9.78 Å².